The van der Waals surface area contributed by atoms with Crippen molar-refractivity contribution in [3.63, 3.8) is 0 Å². The van der Waals surface area contributed by atoms with Crippen LogP contribution in [-0.2, 0) is 20.0 Å². The molecule has 0 bridgehead atoms. The molecule has 0 saturated heterocycles. The molecule has 7 heteroatoms. The summed E-state index contributed by atoms with van der Waals surface area (Å²) in [5.41, 5.74) is 1.11. The molecule has 1 atom stereocenters. The van der Waals surface area contributed by atoms with E-state index in [-0.39, 0.29) is 24.0 Å². The summed E-state index contributed by atoms with van der Waals surface area (Å²) in [6, 6.07) is 4.72. The van der Waals surface area contributed by atoms with Crippen LogP contribution in [0.4, 0.5) is 0 Å². The van der Waals surface area contributed by atoms with Crippen LogP contribution in [0.2, 0.25) is 0 Å². The van der Waals surface area contributed by atoms with Gasteiger partial charge in [-0.15, -0.1) is 35.3 Å². The summed E-state index contributed by atoms with van der Waals surface area (Å²) in [6.07, 6.45) is 4.85. The van der Waals surface area contributed by atoms with E-state index in [0.717, 1.165) is 24.5 Å². The SMILES string of the molecule is CCNC(=NCc1cnn(C)c1)NC(C)Cc1ccc(C)s1.I. The molecule has 128 valence electrons. The molecule has 2 heterocycles. The predicted molar refractivity (Wildman–Crippen MR) is 109 cm³/mol. The maximum atomic E-state index is 4.63. The summed E-state index contributed by atoms with van der Waals surface area (Å²) in [5, 5.41) is 10.9. The summed E-state index contributed by atoms with van der Waals surface area (Å²) in [5.74, 6) is 0.854. The Labute approximate surface area is 159 Å². The highest BCUT2D eigenvalue weighted by Crippen LogP contribution is 2.16. The fraction of sp³-hybridized carbons (Fsp3) is 0.500. The predicted octanol–water partition coefficient (Wildman–Crippen LogP) is 3.09. The Hall–Kier alpha value is -1.09. The maximum absolute atomic E-state index is 4.63. The van der Waals surface area contributed by atoms with Crippen LogP contribution in [0, 0.1) is 6.92 Å². The molecule has 0 aliphatic heterocycles. The van der Waals surface area contributed by atoms with Crippen molar-refractivity contribution in [3.8, 4) is 0 Å². The van der Waals surface area contributed by atoms with Gasteiger partial charge in [0.2, 0.25) is 0 Å². The van der Waals surface area contributed by atoms with E-state index >= 15 is 0 Å². The zero-order valence-corrected chi connectivity index (χ0v) is 17.3. The maximum Gasteiger partial charge on any atom is 0.191 e. The van der Waals surface area contributed by atoms with Gasteiger partial charge in [0.05, 0.1) is 12.7 Å². The van der Waals surface area contributed by atoms with Crippen molar-refractivity contribution in [2.45, 2.75) is 39.8 Å². The van der Waals surface area contributed by atoms with Gasteiger partial charge >= 0.3 is 0 Å². The van der Waals surface area contributed by atoms with Crippen LogP contribution in [0.15, 0.2) is 29.5 Å². The minimum Gasteiger partial charge on any atom is -0.357 e. The van der Waals surface area contributed by atoms with Crippen molar-refractivity contribution < 1.29 is 0 Å². The van der Waals surface area contributed by atoms with E-state index in [1.165, 1.54) is 9.75 Å². The first kappa shape index (κ1) is 20.0. The minimum absolute atomic E-state index is 0. The molecule has 0 aliphatic rings. The van der Waals surface area contributed by atoms with Crippen molar-refractivity contribution in [3.05, 3.63) is 39.8 Å². The van der Waals surface area contributed by atoms with Gasteiger partial charge in [-0.25, -0.2) is 4.99 Å². The standard InChI is InChI=1S/C16H25N5S.HI/c1-5-17-16(18-9-14-10-19-21(4)11-14)20-12(2)8-15-7-6-13(3)22-15;/h6-7,10-12H,5,8-9H2,1-4H3,(H2,17,18,20);1H. The summed E-state index contributed by atoms with van der Waals surface area (Å²) in [4.78, 5) is 7.39. The van der Waals surface area contributed by atoms with E-state index in [1.54, 1.807) is 4.68 Å². The van der Waals surface area contributed by atoms with Crippen LogP contribution >= 0.6 is 35.3 Å². The van der Waals surface area contributed by atoms with E-state index in [1.807, 2.05) is 30.8 Å². The Balaban J connectivity index is 0.00000264. The lowest BCUT2D eigenvalue weighted by atomic mass is 10.2. The van der Waals surface area contributed by atoms with Crippen LogP contribution in [-0.4, -0.2) is 28.3 Å². The third-order valence-corrected chi connectivity index (χ3v) is 4.23. The number of aromatic nitrogens is 2. The van der Waals surface area contributed by atoms with E-state index in [2.05, 4.69) is 53.6 Å². The highest BCUT2D eigenvalue weighted by molar-refractivity contribution is 14.0. The number of nitrogens with zero attached hydrogens (tertiary/aromatic N) is 3. The van der Waals surface area contributed by atoms with Gasteiger partial charge in [-0.2, -0.15) is 5.10 Å². The van der Waals surface area contributed by atoms with E-state index < -0.39 is 0 Å². The Kier molecular flexibility index (Phi) is 8.60. The average molecular weight is 447 g/mol. The zero-order valence-electron chi connectivity index (χ0n) is 14.2. The fourth-order valence-corrected chi connectivity index (χ4v) is 3.24. The summed E-state index contributed by atoms with van der Waals surface area (Å²) in [6.45, 7) is 7.89. The molecule has 0 radical (unpaired) electrons. The topological polar surface area (TPSA) is 54.2 Å². The Morgan fingerprint density at radius 1 is 1.43 bits per heavy atom. The Morgan fingerprint density at radius 3 is 2.78 bits per heavy atom. The number of thiophene rings is 1. The summed E-state index contributed by atoms with van der Waals surface area (Å²) in [7, 11) is 1.92. The van der Waals surface area contributed by atoms with Crippen molar-refractivity contribution in [1.29, 1.82) is 0 Å². The van der Waals surface area contributed by atoms with Gasteiger partial charge < -0.3 is 10.6 Å². The minimum atomic E-state index is 0. The van der Waals surface area contributed by atoms with Crippen molar-refractivity contribution >= 4 is 41.3 Å². The van der Waals surface area contributed by atoms with E-state index in [4.69, 9.17) is 0 Å². The molecule has 2 rings (SSSR count). The first-order chi connectivity index (χ1) is 10.6. The molecule has 0 spiro atoms. The zero-order chi connectivity index (χ0) is 15.9. The van der Waals surface area contributed by atoms with Gasteiger partial charge in [0.1, 0.15) is 0 Å². The molecule has 0 aliphatic carbocycles. The fourth-order valence-electron chi connectivity index (χ4n) is 2.22. The highest BCUT2D eigenvalue weighted by Gasteiger charge is 2.08. The lowest BCUT2D eigenvalue weighted by Crippen LogP contribution is -2.43. The van der Waals surface area contributed by atoms with Gasteiger partial charge in [-0.05, 0) is 32.9 Å². The largest absolute Gasteiger partial charge is 0.357 e. The van der Waals surface area contributed by atoms with Gasteiger partial charge in [-0.1, -0.05) is 0 Å². The monoisotopic (exact) mass is 447 g/mol. The molecule has 0 fully saturated rings. The second-order valence-electron chi connectivity index (χ2n) is 5.48. The summed E-state index contributed by atoms with van der Waals surface area (Å²) < 4.78 is 1.80. The summed E-state index contributed by atoms with van der Waals surface area (Å²) >= 11 is 1.86. The normalized spacial score (nSPS) is 12.6. The van der Waals surface area contributed by atoms with Crippen LogP contribution in [0.5, 0.6) is 0 Å². The second kappa shape index (κ2) is 9.92. The first-order valence-corrected chi connectivity index (χ1v) is 8.46. The quantitative estimate of drug-likeness (QED) is 0.407. The van der Waals surface area contributed by atoms with E-state index in [0.29, 0.717) is 12.6 Å². The number of guanidine groups is 1. The number of hydrogen-bond acceptors (Lipinski definition) is 3. The molecular weight excluding hydrogens is 421 g/mol. The molecule has 0 aromatic carbocycles. The number of rotatable bonds is 6. The van der Waals surface area contributed by atoms with Gasteiger partial charge in [0.15, 0.2) is 5.96 Å². The molecule has 2 N–H and O–H groups in total. The van der Waals surface area contributed by atoms with E-state index in [9.17, 15) is 0 Å². The van der Waals surface area contributed by atoms with Gasteiger partial charge in [0.25, 0.3) is 0 Å². The highest BCUT2D eigenvalue weighted by atomic mass is 127. The molecule has 1 unspecified atom stereocenters. The van der Waals surface area contributed by atoms with Crippen LogP contribution in [0.25, 0.3) is 0 Å². The second-order valence-corrected chi connectivity index (χ2v) is 6.85. The van der Waals surface area contributed by atoms with Crippen LogP contribution in [0.1, 0.15) is 29.2 Å². The Morgan fingerprint density at radius 2 is 2.22 bits per heavy atom. The van der Waals surface area contributed by atoms with Crippen LogP contribution in [0.3, 0.4) is 0 Å². The molecule has 2 aromatic rings. The van der Waals surface area contributed by atoms with Crippen LogP contribution < -0.4 is 10.6 Å². The molecule has 0 amide bonds. The third-order valence-electron chi connectivity index (χ3n) is 3.21. The van der Waals surface area contributed by atoms with Crippen molar-refractivity contribution in [2.24, 2.45) is 12.0 Å². The number of halogens is 1. The lowest BCUT2D eigenvalue weighted by Gasteiger charge is -2.17. The number of hydrogen-bond donors (Lipinski definition) is 2. The first-order valence-electron chi connectivity index (χ1n) is 7.64. The molecular formula is C16H26IN5S. The van der Waals surface area contributed by atoms with Gasteiger partial charge in [-0.3, -0.25) is 4.68 Å². The average Bonchev–Trinajstić information content (AvgIpc) is 3.05. The Bertz CT molecular complexity index is 620. The van der Waals surface area contributed by atoms with Crippen molar-refractivity contribution in [1.82, 2.24) is 20.4 Å². The third kappa shape index (κ3) is 6.90. The number of nitrogens with one attached hydrogen (secondary N) is 2. The number of aliphatic imine (C=N–C) groups is 1. The van der Waals surface area contributed by atoms with Gasteiger partial charge in [0, 0.05) is 47.6 Å². The smallest absolute Gasteiger partial charge is 0.191 e. The molecule has 2 aromatic heterocycles. The number of aryl methyl sites for hydroxylation is 2. The molecule has 23 heavy (non-hydrogen) atoms. The lowest BCUT2D eigenvalue weighted by molar-refractivity contribution is 0.645. The molecule has 5 nitrogen and oxygen atoms in total. The van der Waals surface area contributed by atoms with Crippen molar-refractivity contribution in [2.75, 3.05) is 6.54 Å². The molecule has 0 saturated carbocycles.